The summed E-state index contributed by atoms with van der Waals surface area (Å²) in [7, 11) is 0. The highest BCUT2D eigenvalue weighted by atomic mass is 14.9. The SMILES string of the molecule is C=C(CCC)NC(C)c1ccccc1. The molecule has 0 heterocycles. The Morgan fingerprint density at radius 2 is 2.00 bits per heavy atom. The van der Waals surface area contributed by atoms with E-state index in [4.69, 9.17) is 0 Å². The molecule has 0 aliphatic carbocycles. The molecule has 1 heteroatoms. The topological polar surface area (TPSA) is 12.0 Å². The lowest BCUT2D eigenvalue weighted by Crippen LogP contribution is -2.17. The number of rotatable bonds is 5. The first-order valence-corrected chi connectivity index (χ1v) is 5.23. The van der Waals surface area contributed by atoms with Crippen molar-refractivity contribution in [3.8, 4) is 0 Å². The van der Waals surface area contributed by atoms with Gasteiger partial charge in [-0.15, -0.1) is 0 Å². The third-order valence-electron chi connectivity index (χ3n) is 2.27. The molecule has 0 saturated carbocycles. The molecule has 14 heavy (non-hydrogen) atoms. The van der Waals surface area contributed by atoms with Gasteiger partial charge in [-0.05, 0) is 18.9 Å². The molecule has 0 saturated heterocycles. The van der Waals surface area contributed by atoms with Crippen molar-refractivity contribution >= 4 is 0 Å². The molecular formula is C13H19N. The molecule has 0 spiro atoms. The van der Waals surface area contributed by atoms with Crippen molar-refractivity contribution in [3.63, 3.8) is 0 Å². The largest absolute Gasteiger partial charge is 0.382 e. The molecule has 1 aromatic carbocycles. The molecule has 0 amide bonds. The highest BCUT2D eigenvalue weighted by Gasteiger charge is 2.03. The predicted molar refractivity (Wildman–Crippen MR) is 62.0 cm³/mol. The average Bonchev–Trinajstić information content (AvgIpc) is 2.19. The molecule has 0 aromatic heterocycles. The van der Waals surface area contributed by atoms with E-state index in [2.05, 4.69) is 50.0 Å². The number of hydrogen-bond acceptors (Lipinski definition) is 1. The minimum absolute atomic E-state index is 0.357. The molecule has 76 valence electrons. The maximum absolute atomic E-state index is 4.00. The lowest BCUT2D eigenvalue weighted by atomic mass is 10.1. The Kier molecular flexibility index (Phi) is 4.24. The van der Waals surface area contributed by atoms with Gasteiger partial charge in [0.2, 0.25) is 0 Å². The molecule has 1 atom stereocenters. The summed E-state index contributed by atoms with van der Waals surface area (Å²) in [6.07, 6.45) is 2.20. The summed E-state index contributed by atoms with van der Waals surface area (Å²) in [5.41, 5.74) is 2.44. The number of benzene rings is 1. The molecule has 1 aromatic rings. The van der Waals surface area contributed by atoms with Crippen LogP contribution in [0.15, 0.2) is 42.6 Å². The van der Waals surface area contributed by atoms with Gasteiger partial charge in [-0.2, -0.15) is 0 Å². The van der Waals surface area contributed by atoms with Gasteiger partial charge in [-0.3, -0.25) is 0 Å². The first-order chi connectivity index (χ1) is 6.74. The van der Waals surface area contributed by atoms with Gasteiger partial charge in [0.25, 0.3) is 0 Å². The first-order valence-electron chi connectivity index (χ1n) is 5.23. The van der Waals surface area contributed by atoms with Crippen LogP contribution in [0.1, 0.15) is 38.3 Å². The Hall–Kier alpha value is -1.24. The molecule has 1 unspecified atom stereocenters. The third kappa shape index (κ3) is 3.25. The summed E-state index contributed by atoms with van der Waals surface area (Å²) >= 11 is 0. The van der Waals surface area contributed by atoms with Crippen LogP contribution in [-0.4, -0.2) is 0 Å². The van der Waals surface area contributed by atoms with Crippen LogP contribution in [-0.2, 0) is 0 Å². The fraction of sp³-hybridized carbons (Fsp3) is 0.385. The van der Waals surface area contributed by atoms with Gasteiger partial charge in [0.05, 0.1) is 0 Å². The zero-order valence-electron chi connectivity index (χ0n) is 9.09. The lowest BCUT2D eigenvalue weighted by Gasteiger charge is -2.17. The van der Waals surface area contributed by atoms with E-state index >= 15 is 0 Å². The zero-order chi connectivity index (χ0) is 10.4. The lowest BCUT2D eigenvalue weighted by molar-refractivity contribution is 0.626. The molecule has 1 nitrogen and oxygen atoms in total. The average molecular weight is 189 g/mol. The Morgan fingerprint density at radius 1 is 1.36 bits per heavy atom. The minimum atomic E-state index is 0.357. The number of hydrogen-bond donors (Lipinski definition) is 1. The maximum Gasteiger partial charge on any atom is 0.0482 e. The van der Waals surface area contributed by atoms with E-state index in [1.807, 2.05) is 6.07 Å². The van der Waals surface area contributed by atoms with E-state index in [-0.39, 0.29) is 0 Å². The van der Waals surface area contributed by atoms with Crippen LogP contribution in [0, 0.1) is 0 Å². The summed E-state index contributed by atoms with van der Waals surface area (Å²) in [6, 6.07) is 10.8. The van der Waals surface area contributed by atoms with Crippen molar-refractivity contribution in [2.45, 2.75) is 32.7 Å². The number of nitrogens with one attached hydrogen (secondary N) is 1. The fourth-order valence-electron chi connectivity index (χ4n) is 1.51. The monoisotopic (exact) mass is 189 g/mol. The second-order valence-electron chi connectivity index (χ2n) is 3.63. The van der Waals surface area contributed by atoms with Crippen LogP contribution in [0.3, 0.4) is 0 Å². The van der Waals surface area contributed by atoms with Crippen LogP contribution >= 0.6 is 0 Å². The molecule has 0 radical (unpaired) electrons. The summed E-state index contributed by atoms with van der Waals surface area (Å²) < 4.78 is 0. The van der Waals surface area contributed by atoms with E-state index in [0.29, 0.717) is 6.04 Å². The molecular weight excluding hydrogens is 170 g/mol. The number of allylic oxidation sites excluding steroid dienone is 1. The predicted octanol–water partition coefficient (Wildman–Crippen LogP) is 3.65. The second-order valence-corrected chi connectivity index (χ2v) is 3.63. The van der Waals surface area contributed by atoms with Gasteiger partial charge in [-0.25, -0.2) is 0 Å². The Labute approximate surface area is 86.8 Å². The van der Waals surface area contributed by atoms with Crippen LogP contribution in [0.4, 0.5) is 0 Å². The smallest absolute Gasteiger partial charge is 0.0482 e. The van der Waals surface area contributed by atoms with Gasteiger partial charge < -0.3 is 5.32 Å². The van der Waals surface area contributed by atoms with Gasteiger partial charge in [0, 0.05) is 11.7 Å². The van der Waals surface area contributed by atoms with E-state index < -0.39 is 0 Å². The molecule has 0 aliphatic rings. The standard InChI is InChI=1S/C13H19N/c1-4-8-11(2)14-12(3)13-9-6-5-7-10-13/h5-7,9-10,12,14H,2,4,8H2,1,3H3. The van der Waals surface area contributed by atoms with Crippen molar-refractivity contribution in [2.75, 3.05) is 0 Å². The van der Waals surface area contributed by atoms with Crippen molar-refractivity contribution in [3.05, 3.63) is 48.2 Å². The zero-order valence-corrected chi connectivity index (χ0v) is 9.09. The molecule has 0 fully saturated rings. The van der Waals surface area contributed by atoms with Crippen molar-refractivity contribution in [1.82, 2.24) is 5.32 Å². The van der Waals surface area contributed by atoms with E-state index in [1.165, 1.54) is 5.56 Å². The summed E-state index contributed by atoms with van der Waals surface area (Å²) in [6.45, 7) is 8.33. The first kappa shape index (κ1) is 10.8. The van der Waals surface area contributed by atoms with Gasteiger partial charge in [-0.1, -0.05) is 50.3 Å². The summed E-state index contributed by atoms with van der Waals surface area (Å²) in [4.78, 5) is 0. The quantitative estimate of drug-likeness (QED) is 0.745. The van der Waals surface area contributed by atoms with Crippen molar-refractivity contribution in [2.24, 2.45) is 0 Å². The van der Waals surface area contributed by atoms with Gasteiger partial charge >= 0.3 is 0 Å². The van der Waals surface area contributed by atoms with Crippen molar-refractivity contribution in [1.29, 1.82) is 0 Å². The molecule has 1 rings (SSSR count). The second kappa shape index (κ2) is 5.48. The van der Waals surface area contributed by atoms with Gasteiger partial charge in [0.1, 0.15) is 0 Å². The highest BCUT2D eigenvalue weighted by Crippen LogP contribution is 2.13. The summed E-state index contributed by atoms with van der Waals surface area (Å²) in [5.74, 6) is 0. The van der Waals surface area contributed by atoms with E-state index in [1.54, 1.807) is 0 Å². The third-order valence-corrected chi connectivity index (χ3v) is 2.27. The molecule has 0 aliphatic heterocycles. The Bertz CT molecular complexity index is 277. The van der Waals surface area contributed by atoms with E-state index in [9.17, 15) is 0 Å². The van der Waals surface area contributed by atoms with Crippen LogP contribution in [0.25, 0.3) is 0 Å². The highest BCUT2D eigenvalue weighted by molar-refractivity contribution is 5.19. The van der Waals surface area contributed by atoms with E-state index in [0.717, 1.165) is 18.5 Å². The van der Waals surface area contributed by atoms with Crippen molar-refractivity contribution < 1.29 is 0 Å². The molecule has 1 N–H and O–H groups in total. The Morgan fingerprint density at radius 3 is 2.57 bits per heavy atom. The molecule has 0 bridgehead atoms. The maximum atomic E-state index is 4.00. The van der Waals surface area contributed by atoms with Crippen LogP contribution in [0.2, 0.25) is 0 Å². The normalized spacial score (nSPS) is 12.1. The van der Waals surface area contributed by atoms with Crippen LogP contribution < -0.4 is 5.32 Å². The van der Waals surface area contributed by atoms with Gasteiger partial charge in [0.15, 0.2) is 0 Å². The Balaban J connectivity index is 2.50. The van der Waals surface area contributed by atoms with Crippen LogP contribution in [0.5, 0.6) is 0 Å². The summed E-state index contributed by atoms with van der Waals surface area (Å²) in [5, 5.41) is 3.40. The minimum Gasteiger partial charge on any atom is -0.382 e. The fourth-order valence-corrected chi connectivity index (χ4v) is 1.51.